The fourth-order valence-corrected chi connectivity index (χ4v) is 2.36. The van der Waals surface area contributed by atoms with E-state index < -0.39 is 0 Å². The molecule has 2 rings (SSSR count). The van der Waals surface area contributed by atoms with Gasteiger partial charge in [-0.15, -0.1) is 24.0 Å². The Morgan fingerprint density at radius 2 is 2.00 bits per heavy atom. The zero-order valence-corrected chi connectivity index (χ0v) is 17.8. The first-order chi connectivity index (χ1) is 12.3. The summed E-state index contributed by atoms with van der Waals surface area (Å²) in [5.74, 6) is 2.25. The number of rotatable bonds is 8. The maximum Gasteiger partial charge on any atom is 0.191 e. The largest absolute Gasteiger partial charge is 0.493 e. The van der Waals surface area contributed by atoms with Crippen LogP contribution in [0.2, 0.25) is 0 Å². The second-order valence-electron chi connectivity index (χ2n) is 5.34. The molecule has 0 amide bonds. The van der Waals surface area contributed by atoms with Crippen LogP contribution in [0.15, 0.2) is 47.6 Å². The average Bonchev–Trinajstić information content (AvgIpc) is 2.66. The normalized spacial score (nSPS) is 10.7. The van der Waals surface area contributed by atoms with Crippen molar-refractivity contribution in [2.24, 2.45) is 4.99 Å². The summed E-state index contributed by atoms with van der Waals surface area (Å²) in [5.41, 5.74) is 2.15. The summed E-state index contributed by atoms with van der Waals surface area (Å²) >= 11 is 0. The van der Waals surface area contributed by atoms with Gasteiger partial charge in [-0.1, -0.05) is 12.1 Å². The van der Waals surface area contributed by atoms with Crippen LogP contribution in [-0.2, 0) is 13.0 Å². The van der Waals surface area contributed by atoms with Gasteiger partial charge in [0, 0.05) is 38.4 Å². The molecule has 0 saturated carbocycles. The van der Waals surface area contributed by atoms with Crippen molar-refractivity contribution in [2.75, 3.05) is 27.3 Å². The lowest BCUT2D eigenvalue weighted by atomic mass is 10.2. The summed E-state index contributed by atoms with van der Waals surface area (Å²) in [4.78, 5) is 8.56. The molecule has 0 atom stereocenters. The van der Waals surface area contributed by atoms with Crippen LogP contribution >= 0.6 is 24.0 Å². The Balaban J connectivity index is 0.00000338. The smallest absolute Gasteiger partial charge is 0.191 e. The first kappa shape index (κ1) is 22.0. The van der Waals surface area contributed by atoms with E-state index in [0.29, 0.717) is 13.2 Å². The molecule has 0 aliphatic rings. The van der Waals surface area contributed by atoms with Crippen molar-refractivity contribution in [1.82, 2.24) is 15.6 Å². The van der Waals surface area contributed by atoms with Crippen LogP contribution in [0.1, 0.15) is 18.2 Å². The standard InChI is InChI=1S/C19H26N4O2.HI/c1-4-25-18-13-15(8-9-17(18)24-3)14-23-19(20-2)22-12-10-16-7-5-6-11-21-16;/h5-9,11,13H,4,10,12,14H2,1-3H3,(H2,20,22,23);1H. The molecule has 1 aromatic carbocycles. The van der Waals surface area contributed by atoms with E-state index in [2.05, 4.69) is 20.6 Å². The highest BCUT2D eigenvalue weighted by atomic mass is 127. The zero-order valence-electron chi connectivity index (χ0n) is 15.5. The highest BCUT2D eigenvalue weighted by molar-refractivity contribution is 14.0. The number of benzene rings is 1. The summed E-state index contributed by atoms with van der Waals surface area (Å²) in [7, 11) is 3.40. The minimum Gasteiger partial charge on any atom is -0.493 e. The lowest BCUT2D eigenvalue weighted by Crippen LogP contribution is -2.37. The fraction of sp³-hybridized carbons (Fsp3) is 0.368. The molecule has 0 bridgehead atoms. The van der Waals surface area contributed by atoms with Gasteiger partial charge in [0.05, 0.1) is 13.7 Å². The van der Waals surface area contributed by atoms with Gasteiger partial charge in [-0.25, -0.2) is 0 Å². The first-order valence-electron chi connectivity index (χ1n) is 8.41. The molecule has 26 heavy (non-hydrogen) atoms. The molecular weight excluding hydrogens is 443 g/mol. The highest BCUT2D eigenvalue weighted by Gasteiger charge is 2.06. The number of aliphatic imine (C=N–C) groups is 1. The molecule has 0 fully saturated rings. The van der Waals surface area contributed by atoms with E-state index in [4.69, 9.17) is 9.47 Å². The fourth-order valence-electron chi connectivity index (χ4n) is 2.36. The van der Waals surface area contributed by atoms with Crippen LogP contribution in [0, 0.1) is 0 Å². The number of methoxy groups -OCH3 is 1. The Morgan fingerprint density at radius 3 is 2.65 bits per heavy atom. The van der Waals surface area contributed by atoms with Crippen molar-refractivity contribution >= 4 is 29.9 Å². The number of ether oxygens (including phenoxy) is 2. The SMILES string of the molecule is CCOc1cc(CNC(=NC)NCCc2ccccn2)ccc1OC.I. The molecule has 7 heteroatoms. The van der Waals surface area contributed by atoms with E-state index in [9.17, 15) is 0 Å². The third-order valence-corrected chi connectivity index (χ3v) is 3.61. The Hall–Kier alpha value is -2.03. The molecule has 1 aromatic heterocycles. The molecule has 142 valence electrons. The van der Waals surface area contributed by atoms with Gasteiger partial charge in [-0.05, 0) is 36.8 Å². The molecule has 6 nitrogen and oxygen atoms in total. The topological polar surface area (TPSA) is 67.8 Å². The van der Waals surface area contributed by atoms with E-state index in [1.54, 1.807) is 14.2 Å². The lowest BCUT2D eigenvalue weighted by molar-refractivity contribution is 0.310. The van der Waals surface area contributed by atoms with Crippen molar-refractivity contribution in [1.29, 1.82) is 0 Å². The number of pyridine rings is 1. The van der Waals surface area contributed by atoms with Gasteiger partial charge in [0.15, 0.2) is 17.5 Å². The molecule has 0 aliphatic heterocycles. The van der Waals surface area contributed by atoms with Crippen molar-refractivity contribution < 1.29 is 9.47 Å². The zero-order chi connectivity index (χ0) is 17.9. The molecule has 2 aromatic rings. The Labute approximate surface area is 172 Å². The second kappa shape index (κ2) is 12.3. The van der Waals surface area contributed by atoms with E-state index in [-0.39, 0.29) is 24.0 Å². The van der Waals surface area contributed by atoms with Crippen molar-refractivity contribution in [2.45, 2.75) is 19.9 Å². The van der Waals surface area contributed by atoms with Gasteiger partial charge in [0.25, 0.3) is 0 Å². The quantitative estimate of drug-likeness (QED) is 0.353. The molecule has 0 saturated heterocycles. The van der Waals surface area contributed by atoms with Gasteiger partial charge in [-0.3, -0.25) is 9.98 Å². The van der Waals surface area contributed by atoms with E-state index >= 15 is 0 Å². The number of guanidine groups is 1. The minimum absolute atomic E-state index is 0. The van der Waals surface area contributed by atoms with Crippen LogP contribution in [-0.4, -0.2) is 38.3 Å². The molecule has 1 heterocycles. The molecule has 0 spiro atoms. The van der Waals surface area contributed by atoms with Gasteiger partial charge < -0.3 is 20.1 Å². The van der Waals surface area contributed by atoms with Crippen molar-refractivity contribution in [3.8, 4) is 11.5 Å². The molecular formula is C19H27IN4O2. The van der Waals surface area contributed by atoms with Crippen LogP contribution in [0.4, 0.5) is 0 Å². The maximum absolute atomic E-state index is 5.61. The predicted molar refractivity (Wildman–Crippen MR) is 116 cm³/mol. The third-order valence-electron chi connectivity index (χ3n) is 3.61. The van der Waals surface area contributed by atoms with Gasteiger partial charge in [-0.2, -0.15) is 0 Å². The van der Waals surface area contributed by atoms with Crippen molar-refractivity contribution in [3.63, 3.8) is 0 Å². The highest BCUT2D eigenvalue weighted by Crippen LogP contribution is 2.27. The van der Waals surface area contributed by atoms with Gasteiger partial charge in [0.2, 0.25) is 0 Å². The summed E-state index contributed by atoms with van der Waals surface area (Å²) in [6.45, 7) is 3.97. The first-order valence-corrected chi connectivity index (χ1v) is 8.41. The Bertz CT molecular complexity index is 680. The summed E-state index contributed by atoms with van der Waals surface area (Å²) in [6, 6.07) is 11.8. The number of hydrogen-bond donors (Lipinski definition) is 2. The number of aromatic nitrogens is 1. The maximum atomic E-state index is 5.61. The number of nitrogens with zero attached hydrogens (tertiary/aromatic N) is 2. The Kier molecular flexibility index (Phi) is 10.5. The summed E-state index contributed by atoms with van der Waals surface area (Å²) < 4.78 is 10.9. The Morgan fingerprint density at radius 1 is 1.15 bits per heavy atom. The summed E-state index contributed by atoms with van der Waals surface area (Å²) in [5, 5.41) is 6.59. The second-order valence-corrected chi connectivity index (χ2v) is 5.34. The predicted octanol–water partition coefficient (Wildman–Crippen LogP) is 3.01. The van der Waals surface area contributed by atoms with Crippen LogP contribution in [0.5, 0.6) is 11.5 Å². The van der Waals surface area contributed by atoms with E-state index in [1.165, 1.54) is 0 Å². The van der Waals surface area contributed by atoms with Crippen LogP contribution in [0.3, 0.4) is 0 Å². The van der Waals surface area contributed by atoms with Crippen molar-refractivity contribution in [3.05, 3.63) is 53.9 Å². The lowest BCUT2D eigenvalue weighted by Gasteiger charge is -2.14. The number of nitrogens with one attached hydrogen (secondary N) is 2. The number of hydrogen-bond acceptors (Lipinski definition) is 4. The molecule has 0 unspecified atom stereocenters. The summed E-state index contributed by atoms with van der Waals surface area (Å²) in [6.07, 6.45) is 2.65. The van der Waals surface area contributed by atoms with Crippen LogP contribution < -0.4 is 20.1 Å². The van der Waals surface area contributed by atoms with E-state index in [0.717, 1.165) is 41.7 Å². The molecule has 0 radical (unpaired) electrons. The van der Waals surface area contributed by atoms with Gasteiger partial charge >= 0.3 is 0 Å². The van der Waals surface area contributed by atoms with Gasteiger partial charge in [0.1, 0.15) is 0 Å². The number of halogens is 1. The minimum atomic E-state index is 0. The molecule has 0 aliphatic carbocycles. The molecule has 2 N–H and O–H groups in total. The van der Waals surface area contributed by atoms with Crippen LogP contribution in [0.25, 0.3) is 0 Å². The van der Waals surface area contributed by atoms with E-state index in [1.807, 2.05) is 49.5 Å². The third kappa shape index (κ3) is 7.07. The monoisotopic (exact) mass is 470 g/mol. The average molecular weight is 470 g/mol.